The van der Waals surface area contributed by atoms with Crippen LogP contribution in [0.3, 0.4) is 0 Å². The number of nitrogens with one attached hydrogen (secondary N) is 3. The standard InChI is InChI=1S/C25H35F3N6OS/c1-5-33(6-2)22-12-10-20(11-13-22)31-24(36)34(17-16-32(3)4)15-14-29-23(35)30-21-9-7-8-19(18-21)25(26,27)28/h7-13,18H,5-6,14-17H2,1-4H3,(H,31,36)(H2,29,30,35). The van der Waals surface area contributed by atoms with Gasteiger partial charge in [0.25, 0.3) is 0 Å². The van der Waals surface area contributed by atoms with E-state index in [4.69, 9.17) is 12.2 Å². The molecule has 0 saturated carbocycles. The number of urea groups is 1. The molecule has 198 valence electrons. The first-order chi connectivity index (χ1) is 17.0. The maximum absolute atomic E-state index is 12.9. The third-order valence-electron chi connectivity index (χ3n) is 5.47. The largest absolute Gasteiger partial charge is 0.416 e. The normalized spacial score (nSPS) is 11.2. The van der Waals surface area contributed by atoms with Crippen molar-refractivity contribution in [2.75, 3.05) is 68.9 Å². The molecule has 2 aromatic carbocycles. The Morgan fingerprint density at radius 1 is 0.917 bits per heavy atom. The van der Waals surface area contributed by atoms with Crippen LogP contribution in [0.2, 0.25) is 0 Å². The van der Waals surface area contributed by atoms with E-state index in [0.29, 0.717) is 18.2 Å². The lowest BCUT2D eigenvalue weighted by Gasteiger charge is -2.27. The first-order valence-corrected chi connectivity index (χ1v) is 12.2. The van der Waals surface area contributed by atoms with Gasteiger partial charge in [-0.05, 0) is 82.6 Å². The van der Waals surface area contributed by atoms with Crippen molar-refractivity contribution in [3.05, 3.63) is 54.1 Å². The van der Waals surface area contributed by atoms with Crippen LogP contribution in [0.1, 0.15) is 19.4 Å². The first-order valence-electron chi connectivity index (χ1n) is 11.8. The fourth-order valence-electron chi connectivity index (χ4n) is 3.44. The number of halogens is 3. The van der Waals surface area contributed by atoms with Gasteiger partial charge in [-0.2, -0.15) is 13.2 Å². The Morgan fingerprint density at radius 2 is 1.58 bits per heavy atom. The minimum absolute atomic E-state index is 0.0668. The number of rotatable bonds is 11. The molecule has 2 rings (SSSR count). The summed E-state index contributed by atoms with van der Waals surface area (Å²) in [5.74, 6) is 0. The molecule has 2 amide bonds. The van der Waals surface area contributed by atoms with Crippen LogP contribution in [0, 0.1) is 0 Å². The van der Waals surface area contributed by atoms with Crippen molar-refractivity contribution in [3.63, 3.8) is 0 Å². The maximum Gasteiger partial charge on any atom is 0.416 e. The fraction of sp³-hybridized carbons (Fsp3) is 0.440. The van der Waals surface area contributed by atoms with Crippen LogP contribution >= 0.6 is 12.2 Å². The number of benzene rings is 2. The third kappa shape index (κ3) is 9.54. The number of hydrogen-bond acceptors (Lipinski definition) is 4. The zero-order chi connectivity index (χ0) is 26.7. The number of amides is 2. The Balaban J connectivity index is 1.93. The average molecular weight is 525 g/mol. The van der Waals surface area contributed by atoms with Crippen molar-refractivity contribution >= 4 is 40.4 Å². The monoisotopic (exact) mass is 524 g/mol. The van der Waals surface area contributed by atoms with Gasteiger partial charge in [0.2, 0.25) is 0 Å². The van der Waals surface area contributed by atoms with E-state index in [9.17, 15) is 18.0 Å². The van der Waals surface area contributed by atoms with Gasteiger partial charge >= 0.3 is 12.2 Å². The molecule has 7 nitrogen and oxygen atoms in total. The van der Waals surface area contributed by atoms with E-state index in [1.165, 1.54) is 12.1 Å². The predicted molar refractivity (Wildman–Crippen MR) is 145 cm³/mol. The van der Waals surface area contributed by atoms with E-state index < -0.39 is 17.8 Å². The second-order valence-electron chi connectivity index (χ2n) is 8.40. The number of hydrogen-bond donors (Lipinski definition) is 3. The number of nitrogens with zero attached hydrogens (tertiary/aromatic N) is 3. The quantitative estimate of drug-likeness (QED) is 0.362. The number of anilines is 3. The lowest BCUT2D eigenvalue weighted by molar-refractivity contribution is -0.137. The van der Waals surface area contributed by atoms with E-state index in [-0.39, 0.29) is 12.2 Å². The van der Waals surface area contributed by atoms with Gasteiger partial charge in [0.1, 0.15) is 0 Å². The molecule has 0 aliphatic rings. The van der Waals surface area contributed by atoms with Gasteiger partial charge in [-0.25, -0.2) is 4.79 Å². The summed E-state index contributed by atoms with van der Waals surface area (Å²) in [5.41, 5.74) is 1.24. The van der Waals surface area contributed by atoms with Gasteiger partial charge in [-0.1, -0.05) is 6.07 Å². The lowest BCUT2D eigenvalue weighted by Crippen LogP contribution is -2.44. The molecule has 0 aliphatic carbocycles. The minimum Gasteiger partial charge on any atom is -0.372 e. The fourth-order valence-corrected chi connectivity index (χ4v) is 3.74. The lowest BCUT2D eigenvalue weighted by atomic mass is 10.2. The molecular weight excluding hydrogens is 489 g/mol. The molecule has 0 aliphatic heterocycles. The number of thiocarbonyl (C=S) groups is 1. The summed E-state index contributed by atoms with van der Waals surface area (Å²) in [5, 5.41) is 8.89. The highest BCUT2D eigenvalue weighted by molar-refractivity contribution is 7.80. The van der Waals surface area contributed by atoms with Gasteiger partial charge < -0.3 is 30.7 Å². The van der Waals surface area contributed by atoms with E-state index in [1.54, 1.807) is 0 Å². The van der Waals surface area contributed by atoms with Crippen LogP contribution in [-0.4, -0.2) is 74.3 Å². The summed E-state index contributed by atoms with van der Waals surface area (Å²) in [6, 6.07) is 12.0. The van der Waals surface area contributed by atoms with Crippen LogP contribution in [0.4, 0.5) is 35.0 Å². The van der Waals surface area contributed by atoms with Crippen LogP contribution in [-0.2, 0) is 6.18 Å². The molecule has 0 radical (unpaired) electrons. The average Bonchev–Trinajstić information content (AvgIpc) is 2.82. The number of likely N-dealkylation sites (N-methyl/N-ethyl adjacent to an activating group) is 1. The molecule has 0 spiro atoms. The van der Waals surface area contributed by atoms with Gasteiger partial charge in [0.05, 0.1) is 5.56 Å². The molecule has 2 aromatic rings. The number of carbonyl (C=O) groups excluding carboxylic acids is 1. The van der Waals surface area contributed by atoms with Crippen molar-refractivity contribution in [1.29, 1.82) is 0 Å². The molecule has 0 heterocycles. The van der Waals surface area contributed by atoms with Crippen molar-refractivity contribution in [2.24, 2.45) is 0 Å². The predicted octanol–water partition coefficient (Wildman–Crippen LogP) is 4.93. The van der Waals surface area contributed by atoms with Crippen LogP contribution in [0.15, 0.2) is 48.5 Å². The Bertz CT molecular complexity index is 981. The van der Waals surface area contributed by atoms with Crippen molar-refractivity contribution in [1.82, 2.24) is 15.1 Å². The molecular formula is C25H35F3N6OS. The second-order valence-corrected chi connectivity index (χ2v) is 8.79. The number of alkyl halides is 3. The summed E-state index contributed by atoms with van der Waals surface area (Å²) in [7, 11) is 3.92. The highest BCUT2D eigenvalue weighted by atomic mass is 32.1. The first kappa shape index (κ1) is 29.2. The Hall–Kier alpha value is -3.05. The topological polar surface area (TPSA) is 62.9 Å². The van der Waals surface area contributed by atoms with Crippen LogP contribution < -0.4 is 20.9 Å². The van der Waals surface area contributed by atoms with Crippen molar-refractivity contribution in [2.45, 2.75) is 20.0 Å². The second kappa shape index (κ2) is 13.9. The molecule has 0 unspecified atom stereocenters. The zero-order valence-corrected chi connectivity index (χ0v) is 22.0. The molecule has 0 bridgehead atoms. The van der Waals surface area contributed by atoms with Crippen molar-refractivity contribution < 1.29 is 18.0 Å². The van der Waals surface area contributed by atoms with Gasteiger partial charge in [0.15, 0.2) is 5.11 Å². The summed E-state index contributed by atoms with van der Waals surface area (Å²) in [6.07, 6.45) is -4.48. The SMILES string of the molecule is CCN(CC)c1ccc(NC(=S)N(CCNC(=O)Nc2cccc(C(F)(F)F)c2)CCN(C)C)cc1. The summed E-state index contributed by atoms with van der Waals surface area (Å²) in [4.78, 5) is 18.5. The molecule has 0 atom stereocenters. The molecule has 0 fully saturated rings. The van der Waals surface area contributed by atoms with Crippen LogP contribution in [0.5, 0.6) is 0 Å². The zero-order valence-electron chi connectivity index (χ0n) is 21.2. The minimum atomic E-state index is -4.48. The summed E-state index contributed by atoms with van der Waals surface area (Å²) in [6.45, 7) is 8.13. The maximum atomic E-state index is 12.9. The Morgan fingerprint density at radius 3 is 2.17 bits per heavy atom. The molecule has 0 saturated heterocycles. The van der Waals surface area contributed by atoms with E-state index >= 15 is 0 Å². The Labute approximate surface area is 216 Å². The van der Waals surface area contributed by atoms with Crippen molar-refractivity contribution in [3.8, 4) is 0 Å². The molecule has 11 heteroatoms. The molecule has 36 heavy (non-hydrogen) atoms. The highest BCUT2D eigenvalue weighted by Gasteiger charge is 2.30. The van der Waals surface area contributed by atoms with Gasteiger partial charge in [-0.3, -0.25) is 0 Å². The van der Waals surface area contributed by atoms with E-state index in [1.807, 2.05) is 48.2 Å². The third-order valence-corrected chi connectivity index (χ3v) is 5.83. The van der Waals surface area contributed by atoms with Gasteiger partial charge in [0, 0.05) is 56.3 Å². The molecule has 3 N–H and O–H groups in total. The van der Waals surface area contributed by atoms with E-state index in [0.717, 1.165) is 43.1 Å². The highest BCUT2D eigenvalue weighted by Crippen LogP contribution is 2.30. The van der Waals surface area contributed by atoms with Gasteiger partial charge in [-0.15, -0.1) is 0 Å². The van der Waals surface area contributed by atoms with Crippen LogP contribution in [0.25, 0.3) is 0 Å². The summed E-state index contributed by atoms with van der Waals surface area (Å²) < 4.78 is 38.7. The smallest absolute Gasteiger partial charge is 0.372 e. The molecule has 0 aromatic heterocycles. The summed E-state index contributed by atoms with van der Waals surface area (Å²) >= 11 is 5.62. The Kier molecular flexibility index (Phi) is 11.3. The van der Waals surface area contributed by atoms with E-state index in [2.05, 4.69) is 34.7 Å². The number of carbonyl (C=O) groups is 1.